The highest BCUT2D eigenvalue weighted by Crippen LogP contribution is 2.42. The number of nitrogens with zero attached hydrogens (tertiary/aromatic N) is 2. The van der Waals surface area contributed by atoms with Crippen molar-refractivity contribution in [2.24, 2.45) is 22.2 Å². The molecule has 1 unspecified atom stereocenters. The summed E-state index contributed by atoms with van der Waals surface area (Å²) in [4.78, 5) is 32.5. The van der Waals surface area contributed by atoms with Gasteiger partial charge in [0.25, 0.3) is 5.91 Å². The quantitative estimate of drug-likeness (QED) is 0.305. The van der Waals surface area contributed by atoms with Crippen molar-refractivity contribution in [3.8, 4) is 0 Å². The maximum Gasteiger partial charge on any atom is 0.335 e. The average molecular weight is 574 g/mol. The molecular weight excluding hydrogens is 531 g/mol. The van der Waals surface area contributed by atoms with Gasteiger partial charge in [0.15, 0.2) is 0 Å². The van der Waals surface area contributed by atoms with Crippen LogP contribution in [0.3, 0.4) is 0 Å². The van der Waals surface area contributed by atoms with Crippen LogP contribution in [0.25, 0.3) is 0 Å². The first-order valence-corrected chi connectivity index (χ1v) is 14.7. The molecular formula is C32H42Cl2N2O3. The number of aliphatic imine (C=N–C) groups is 1. The number of hydrogen-bond donors (Lipinski definition) is 1. The Kier molecular flexibility index (Phi) is 10.6. The second-order valence-electron chi connectivity index (χ2n) is 12.2. The van der Waals surface area contributed by atoms with Gasteiger partial charge in [0.2, 0.25) is 0 Å². The zero-order valence-electron chi connectivity index (χ0n) is 24.0. The number of benzene rings is 2. The van der Waals surface area contributed by atoms with Gasteiger partial charge >= 0.3 is 5.97 Å². The van der Waals surface area contributed by atoms with E-state index in [9.17, 15) is 14.7 Å². The Bertz CT molecular complexity index is 1160. The molecule has 1 aliphatic carbocycles. The van der Waals surface area contributed by atoms with Crippen molar-refractivity contribution in [1.82, 2.24) is 4.90 Å². The highest BCUT2D eigenvalue weighted by Gasteiger charge is 2.38. The van der Waals surface area contributed by atoms with Crippen molar-refractivity contribution in [1.29, 1.82) is 0 Å². The first-order chi connectivity index (χ1) is 18.3. The SMILES string of the molecule is C/N=C(\C(=O)N(C1CCC(C(C)(C)C)CC1)C(CCC(C)C)c1ccc(C(=O)O)cc1)c1cc(Cl)cc(Cl)c1. The molecule has 212 valence electrons. The second-order valence-corrected chi connectivity index (χ2v) is 13.1. The fourth-order valence-electron chi connectivity index (χ4n) is 5.75. The van der Waals surface area contributed by atoms with E-state index in [1.807, 2.05) is 17.0 Å². The van der Waals surface area contributed by atoms with Crippen molar-refractivity contribution >= 4 is 40.8 Å². The highest BCUT2D eigenvalue weighted by atomic mass is 35.5. The Hall–Kier alpha value is -2.37. The molecule has 5 nitrogen and oxygen atoms in total. The predicted octanol–water partition coefficient (Wildman–Crippen LogP) is 8.72. The lowest BCUT2D eigenvalue weighted by Gasteiger charge is -2.44. The van der Waals surface area contributed by atoms with Gasteiger partial charge in [-0.2, -0.15) is 0 Å². The van der Waals surface area contributed by atoms with E-state index in [0.717, 1.165) is 44.1 Å². The monoisotopic (exact) mass is 572 g/mol. The molecule has 1 amide bonds. The number of carboxylic acid groups (broad SMARTS) is 1. The molecule has 2 aromatic carbocycles. The van der Waals surface area contributed by atoms with E-state index in [1.165, 1.54) is 0 Å². The molecule has 2 aromatic rings. The zero-order chi connectivity index (χ0) is 28.9. The summed E-state index contributed by atoms with van der Waals surface area (Å²) in [5, 5.41) is 10.4. The largest absolute Gasteiger partial charge is 0.478 e. The third kappa shape index (κ3) is 8.08. The van der Waals surface area contributed by atoms with E-state index in [2.05, 4.69) is 39.6 Å². The van der Waals surface area contributed by atoms with Gasteiger partial charge in [-0.05, 0) is 91.7 Å². The standard InChI is InChI=1S/C32H42Cl2N2O3/c1-20(2)7-16-28(21-8-10-22(11-9-21)31(38)39)36(27-14-12-24(13-15-27)32(3,4)5)30(37)29(35-6)23-17-25(33)19-26(34)18-23/h8-11,17-20,24,27-28H,7,12-16H2,1-6H3,(H,38,39)/b35-29-. The van der Waals surface area contributed by atoms with E-state index in [4.69, 9.17) is 23.2 Å². The lowest BCUT2D eigenvalue weighted by Crippen LogP contribution is -2.48. The van der Waals surface area contributed by atoms with Gasteiger partial charge in [0, 0.05) is 28.7 Å². The van der Waals surface area contributed by atoms with Gasteiger partial charge in [-0.3, -0.25) is 9.79 Å². The number of amides is 1. The van der Waals surface area contributed by atoms with E-state index in [1.54, 1.807) is 37.4 Å². The molecule has 1 N–H and O–H groups in total. The molecule has 1 atom stereocenters. The van der Waals surface area contributed by atoms with E-state index >= 15 is 0 Å². The summed E-state index contributed by atoms with van der Waals surface area (Å²) >= 11 is 12.6. The zero-order valence-corrected chi connectivity index (χ0v) is 25.5. The van der Waals surface area contributed by atoms with Crippen LogP contribution in [-0.2, 0) is 4.79 Å². The van der Waals surface area contributed by atoms with Gasteiger partial charge in [0.1, 0.15) is 5.71 Å². The second kappa shape index (κ2) is 13.3. The molecule has 0 aliphatic heterocycles. The number of hydrogen-bond acceptors (Lipinski definition) is 3. The summed E-state index contributed by atoms with van der Waals surface area (Å²) in [5.74, 6) is -0.0656. The van der Waals surface area contributed by atoms with Crippen molar-refractivity contribution < 1.29 is 14.7 Å². The van der Waals surface area contributed by atoms with Crippen LogP contribution in [0, 0.1) is 17.3 Å². The molecule has 0 aromatic heterocycles. The number of rotatable bonds is 9. The van der Waals surface area contributed by atoms with Crippen molar-refractivity contribution in [2.75, 3.05) is 7.05 Å². The molecule has 7 heteroatoms. The smallest absolute Gasteiger partial charge is 0.335 e. The number of carbonyl (C=O) groups is 2. The van der Waals surface area contributed by atoms with Crippen molar-refractivity contribution in [2.45, 2.75) is 85.2 Å². The van der Waals surface area contributed by atoms with Gasteiger partial charge in [0.05, 0.1) is 11.6 Å². The molecule has 0 heterocycles. The lowest BCUT2D eigenvalue weighted by atomic mass is 9.71. The third-order valence-electron chi connectivity index (χ3n) is 8.01. The van der Waals surface area contributed by atoms with Crippen LogP contribution < -0.4 is 0 Å². The number of aromatic carboxylic acids is 1. The highest BCUT2D eigenvalue weighted by molar-refractivity contribution is 6.46. The Morgan fingerprint density at radius 3 is 1.97 bits per heavy atom. The van der Waals surface area contributed by atoms with Crippen LogP contribution in [0.4, 0.5) is 0 Å². The number of carbonyl (C=O) groups excluding carboxylic acids is 1. The molecule has 0 radical (unpaired) electrons. The van der Waals surface area contributed by atoms with Gasteiger partial charge in [-0.25, -0.2) is 4.79 Å². The fraction of sp³-hybridized carbons (Fsp3) is 0.531. The topological polar surface area (TPSA) is 70.0 Å². The Morgan fingerprint density at radius 2 is 1.51 bits per heavy atom. The number of carboxylic acids is 1. The molecule has 1 aliphatic rings. The summed E-state index contributed by atoms with van der Waals surface area (Å²) in [6, 6.07) is 11.9. The van der Waals surface area contributed by atoms with Crippen LogP contribution in [0.15, 0.2) is 47.5 Å². The van der Waals surface area contributed by atoms with Crippen LogP contribution in [0.2, 0.25) is 10.0 Å². The van der Waals surface area contributed by atoms with E-state index < -0.39 is 5.97 Å². The van der Waals surface area contributed by atoms with Gasteiger partial charge in [-0.15, -0.1) is 0 Å². The summed E-state index contributed by atoms with van der Waals surface area (Å²) in [7, 11) is 1.63. The van der Waals surface area contributed by atoms with Crippen molar-refractivity contribution in [3.05, 3.63) is 69.2 Å². The molecule has 39 heavy (non-hydrogen) atoms. The molecule has 0 saturated heterocycles. The van der Waals surface area contributed by atoms with Gasteiger partial charge in [-0.1, -0.05) is 70.0 Å². The summed E-state index contributed by atoms with van der Waals surface area (Å²) in [6.07, 6.45) is 5.61. The minimum atomic E-state index is -0.966. The molecule has 1 fully saturated rings. The fourth-order valence-corrected chi connectivity index (χ4v) is 6.27. The number of halogens is 2. The molecule has 1 saturated carbocycles. The lowest BCUT2D eigenvalue weighted by molar-refractivity contribution is -0.130. The Labute approximate surface area is 243 Å². The Balaban J connectivity index is 2.09. The molecule has 0 bridgehead atoms. The average Bonchev–Trinajstić information content (AvgIpc) is 2.86. The summed E-state index contributed by atoms with van der Waals surface area (Å²) in [5.41, 5.74) is 2.31. The maximum absolute atomic E-state index is 14.5. The Morgan fingerprint density at radius 1 is 0.949 bits per heavy atom. The first-order valence-electron chi connectivity index (χ1n) is 13.9. The van der Waals surface area contributed by atoms with Crippen LogP contribution in [0.1, 0.15) is 101 Å². The maximum atomic E-state index is 14.5. The predicted molar refractivity (Wildman–Crippen MR) is 161 cm³/mol. The summed E-state index contributed by atoms with van der Waals surface area (Å²) < 4.78 is 0. The third-order valence-corrected chi connectivity index (χ3v) is 8.44. The van der Waals surface area contributed by atoms with Gasteiger partial charge < -0.3 is 10.0 Å². The normalized spacial score (nSPS) is 19.2. The summed E-state index contributed by atoms with van der Waals surface area (Å²) in [6.45, 7) is 11.2. The molecule has 0 spiro atoms. The van der Waals surface area contributed by atoms with Crippen LogP contribution >= 0.6 is 23.2 Å². The minimum Gasteiger partial charge on any atom is -0.478 e. The molecule has 3 rings (SSSR count). The minimum absolute atomic E-state index is 0.0406. The van der Waals surface area contributed by atoms with Crippen LogP contribution in [0.5, 0.6) is 0 Å². The van der Waals surface area contributed by atoms with E-state index in [0.29, 0.717) is 33.2 Å². The van der Waals surface area contributed by atoms with Crippen molar-refractivity contribution in [3.63, 3.8) is 0 Å². The first kappa shape index (κ1) is 31.2. The van der Waals surface area contributed by atoms with Crippen LogP contribution in [-0.4, -0.2) is 40.7 Å². The van der Waals surface area contributed by atoms with E-state index in [-0.39, 0.29) is 29.0 Å².